The van der Waals surface area contributed by atoms with E-state index in [2.05, 4.69) is 38.5 Å². The van der Waals surface area contributed by atoms with Crippen LogP contribution in [0.5, 0.6) is 0 Å². The van der Waals surface area contributed by atoms with Crippen molar-refractivity contribution in [2.45, 2.75) is 33.2 Å². The molecule has 0 radical (unpaired) electrons. The van der Waals surface area contributed by atoms with Crippen LogP contribution in [0.3, 0.4) is 0 Å². The number of amides is 1. The number of carbonyl (C=O) groups excluding carboxylic acids is 1. The van der Waals surface area contributed by atoms with Crippen molar-refractivity contribution in [3.8, 4) is 0 Å². The Kier molecular flexibility index (Phi) is 5.86. The first-order chi connectivity index (χ1) is 12.1. The molecule has 0 aromatic carbocycles. The summed E-state index contributed by atoms with van der Waals surface area (Å²) in [5.74, 6) is 0.591. The lowest BCUT2D eigenvalue weighted by molar-refractivity contribution is 0.0755. The molecule has 3 heterocycles. The molecule has 0 spiro atoms. The van der Waals surface area contributed by atoms with Crippen molar-refractivity contribution in [2.75, 3.05) is 32.7 Å². The van der Waals surface area contributed by atoms with Gasteiger partial charge in [-0.25, -0.2) is 4.98 Å². The molecule has 0 aliphatic carbocycles. The van der Waals surface area contributed by atoms with E-state index in [0.717, 1.165) is 57.8 Å². The fraction of sp³-hybridized carbons (Fsp3) is 0.611. The van der Waals surface area contributed by atoms with Crippen LogP contribution in [0.25, 0.3) is 0 Å². The summed E-state index contributed by atoms with van der Waals surface area (Å²) in [7, 11) is 0. The third kappa shape index (κ3) is 4.92. The van der Waals surface area contributed by atoms with E-state index in [9.17, 15) is 4.79 Å². The molecule has 0 bridgehead atoms. The lowest BCUT2D eigenvalue weighted by Crippen LogP contribution is -2.36. The first kappa shape index (κ1) is 17.7. The third-order valence-electron chi connectivity index (χ3n) is 4.59. The van der Waals surface area contributed by atoms with E-state index < -0.39 is 0 Å². The average Bonchev–Trinajstić information content (AvgIpc) is 3.20. The molecular weight excluding hydrogens is 316 g/mol. The monoisotopic (exact) mass is 344 g/mol. The van der Waals surface area contributed by atoms with E-state index in [0.29, 0.717) is 11.6 Å². The largest absolute Gasteiger partial charge is 0.336 e. The molecule has 1 saturated heterocycles. The van der Waals surface area contributed by atoms with Gasteiger partial charge in [-0.15, -0.1) is 0 Å². The molecule has 0 unspecified atom stereocenters. The van der Waals surface area contributed by atoms with Crippen molar-refractivity contribution in [2.24, 2.45) is 5.92 Å². The average molecular weight is 344 g/mol. The van der Waals surface area contributed by atoms with Gasteiger partial charge in [0.1, 0.15) is 5.69 Å². The van der Waals surface area contributed by atoms with Crippen molar-refractivity contribution < 1.29 is 4.79 Å². The molecule has 7 heteroatoms. The summed E-state index contributed by atoms with van der Waals surface area (Å²) in [6, 6.07) is 1.91. The molecule has 1 aliphatic heterocycles. The predicted octanol–water partition coefficient (Wildman–Crippen LogP) is 1.65. The van der Waals surface area contributed by atoms with Gasteiger partial charge in [0.05, 0.1) is 6.33 Å². The van der Waals surface area contributed by atoms with E-state index >= 15 is 0 Å². The summed E-state index contributed by atoms with van der Waals surface area (Å²) >= 11 is 0. The number of imidazole rings is 1. The fourth-order valence-corrected chi connectivity index (χ4v) is 3.25. The number of nitrogens with zero attached hydrogens (tertiary/aromatic N) is 5. The van der Waals surface area contributed by atoms with Crippen LogP contribution >= 0.6 is 0 Å². The molecular formula is C18H28N6O. The summed E-state index contributed by atoms with van der Waals surface area (Å²) in [5.41, 5.74) is 1.58. The van der Waals surface area contributed by atoms with Crippen molar-refractivity contribution in [3.05, 3.63) is 36.2 Å². The molecule has 2 aromatic rings. The van der Waals surface area contributed by atoms with Crippen LogP contribution in [0.15, 0.2) is 24.8 Å². The smallest absolute Gasteiger partial charge is 0.274 e. The Morgan fingerprint density at radius 3 is 2.88 bits per heavy atom. The summed E-state index contributed by atoms with van der Waals surface area (Å²) in [5, 5.41) is 7.22. The highest BCUT2D eigenvalue weighted by atomic mass is 16.2. The molecule has 136 valence electrons. The van der Waals surface area contributed by atoms with Crippen molar-refractivity contribution in [3.63, 3.8) is 0 Å². The predicted molar refractivity (Wildman–Crippen MR) is 96.3 cm³/mol. The van der Waals surface area contributed by atoms with Gasteiger partial charge in [0.25, 0.3) is 5.91 Å². The SMILES string of the molecule is CC(C)Cc1cc(C(=O)N2CCCN(CCn3ccnc3)CC2)n[nH]1. The Morgan fingerprint density at radius 2 is 2.12 bits per heavy atom. The minimum atomic E-state index is 0.0442. The maximum Gasteiger partial charge on any atom is 0.274 e. The van der Waals surface area contributed by atoms with Crippen LogP contribution in [0.1, 0.15) is 36.5 Å². The van der Waals surface area contributed by atoms with Gasteiger partial charge in [0, 0.05) is 50.8 Å². The number of aromatic amines is 1. The Bertz CT molecular complexity index is 663. The van der Waals surface area contributed by atoms with Gasteiger partial charge in [-0.3, -0.25) is 14.8 Å². The van der Waals surface area contributed by atoms with Crippen LogP contribution in [-0.4, -0.2) is 68.2 Å². The summed E-state index contributed by atoms with van der Waals surface area (Å²) in [6.07, 6.45) is 7.56. The number of nitrogens with one attached hydrogen (secondary N) is 1. The summed E-state index contributed by atoms with van der Waals surface area (Å²) < 4.78 is 2.09. The number of aromatic nitrogens is 4. The molecule has 0 saturated carbocycles. The lowest BCUT2D eigenvalue weighted by atomic mass is 10.1. The first-order valence-electron chi connectivity index (χ1n) is 9.13. The zero-order chi connectivity index (χ0) is 17.6. The molecule has 3 rings (SSSR count). The van der Waals surface area contributed by atoms with Gasteiger partial charge in [-0.2, -0.15) is 5.10 Å². The van der Waals surface area contributed by atoms with Gasteiger partial charge in [0.15, 0.2) is 0 Å². The maximum atomic E-state index is 12.7. The number of rotatable bonds is 6. The second-order valence-corrected chi connectivity index (χ2v) is 7.16. The normalized spacial score (nSPS) is 16.4. The van der Waals surface area contributed by atoms with E-state index in [1.807, 2.05) is 23.5 Å². The Labute approximate surface area is 149 Å². The molecule has 1 aliphatic rings. The van der Waals surface area contributed by atoms with Gasteiger partial charge in [-0.05, 0) is 31.4 Å². The standard InChI is InChI=1S/C18H28N6O/c1-15(2)12-16-13-17(21-20-16)18(25)24-6-3-5-22(10-11-24)8-9-23-7-4-19-14-23/h4,7,13-15H,3,5-6,8-12H2,1-2H3,(H,20,21). The van der Waals surface area contributed by atoms with Crippen LogP contribution in [0, 0.1) is 5.92 Å². The second-order valence-electron chi connectivity index (χ2n) is 7.16. The van der Waals surface area contributed by atoms with Crippen LogP contribution < -0.4 is 0 Å². The molecule has 1 N–H and O–H groups in total. The summed E-state index contributed by atoms with van der Waals surface area (Å²) in [6.45, 7) is 9.74. The van der Waals surface area contributed by atoms with E-state index in [1.165, 1.54) is 0 Å². The first-order valence-corrected chi connectivity index (χ1v) is 9.13. The molecule has 0 atom stereocenters. The number of carbonyl (C=O) groups is 1. The van der Waals surface area contributed by atoms with E-state index in [-0.39, 0.29) is 5.91 Å². The lowest BCUT2D eigenvalue weighted by Gasteiger charge is -2.21. The summed E-state index contributed by atoms with van der Waals surface area (Å²) in [4.78, 5) is 21.1. The zero-order valence-electron chi connectivity index (χ0n) is 15.2. The van der Waals surface area contributed by atoms with Crippen LogP contribution in [0.4, 0.5) is 0 Å². The van der Waals surface area contributed by atoms with Crippen molar-refractivity contribution in [1.29, 1.82) is 0 Å². The van der Waals surface area contributed by atoms with Crippen LogP contribution in [0.2, 0.25) is 0 Å². The highest BCUT2D eigenvalue weighted by Crippen LogP contribution is 2.11. The minimum absolute atomic E-state index is 0.0442. The Morgan fingerprint density at radius 1 is 1.24 bits per heavy atom. The molecule has 2 aromatic heterocycles. The molecule has 25 heavy (non-hydrogen) atoms. The van der Waals surface area contributed by atoms with Crippen molar-refractivity contribution in [1.82, 2.24) is 29.5 Å². The highest BCUT2D eigenvalue weighted by Gasteiger charge is 2.22. The second kappa shape index (κ2) is 8.29. The highest BCUT2D eigenvalue weighted by molar-refractivity contribution is 5.92. The number of hydrogen-bond acceptors (Lipinski definition) is 4. The van der Waals surface area contributed by atoms with Gasteiger partial charge in [-0.1, -0.05) is 13.8 Å². The van der Waals surface area contributed by atoms with Crippen molar-refractivity contribution >= 4 is 5.91 Å². The van der Waals surface area contributed by atoms with E-state index in [4.69, 9.17) is 0 Å². The maximum absolute atomic E-state index is 12.7. The Balaban J connectivity index is 1.51. The van der Waals surface area contributed by atoms with Crippen LogP contribution in [-0.2, 0) is 13.0 Å². The number of hydrogen-bond donors (Lipinski definition) is 1. The van der Waals surface area contributed by atoms with Gasteiger partial charge in [0.2, 0.25) is 0 Å². The van der Waals surface area contributed by atoms with Gasteiger partial charge < -0.3 is 9.47 Å². The third-order valence-corrected chi connectivity index (χ3v) is 4.59. The number of H-pyrrole nitrogens is 1. The molecule has 7 nitrogen and oxygen atoms in total. The van der Waals surface area contributed by atoms with Gasteiger partial charge >= 0.3 is 0 Å². The molecule has 1 fully saturated rings. The fourth-order valence-electron chi connectivity index (χ4n) is 3.25. The Hall–Kier alpha value is -2.15. The van der Waals surface area contributed by atoms with E-state index in [1.54, 1.807) is 6.20 Å². The minimum Gasteiger partial charge on any atom is -0.336 e. The zero-order valence-corrected chi connectivity index (χ0v) is 15.2. The quantitative estimate of drug-likeness (QED) is 0.865. The topological polar surface area (TPSA) is 70.1 Å². The molecule has 1 amide bonds.